The Bertz CT molecular complexity index is 1650. The molecule has 0 bridgehead atoms. The quantitative estimate of drug-likeness (QED) is 0.201. The highest BCUT2D eigenvalue weighted by atomic mass is 79.9. The molecule has 0 aliphatic carbocycles. The Morgan fingerprint density at radius 3 is 2.62 bits per heavy atom. The van der Waals surface area contributed by atoms with Gasteiger partial charge in [-0.25, -0.2) is 9.97 Å². The van der Waals surface area contributed by atoms with Gasteiger partial charge in [0.1, 0.15) is 6.61 Å². The summed E-state index contributed by atoms with van der Waals surface area (Å²) >= 11 is 4.99. The van der Waals surface area contributed by atoms with Crippen molar-refractivity contribution in [1.29, 1.82) is 0 Å². The maximum absolute atomic E-state index is 13.1. The number of aryl methyl sites for hydroxylation is 2. The zero-order valence-electron chi connectivity index (χ0n) is 21.0. The Labute approximate surface area is 237 Å². The number of thiazole rings is 1. The van der Waals surface area contributed by atoms with E-state index in [4.69, 9.17) is 9.47 Å². The molecule has 196 valence electrons. The van der Waals surface area contributed by atoms with Crippen molar-refractivity contribution in [2.75, 3.05) is 17.7 Å². The molecule has 2 N–H and O–H groups in total. The van der Waals surface area contributed by atoms with Gasteiger partial charge < -0.3 is 24.7 Å². The number of amides is 1. The minimum Gasteiger partial charge on any atom is -0.493 e. The third-order valence-electron chi connectivity index (χ3n) is 6.53. The number of anilines is 3. The van der Waals surface area contributed by atoms with E-state index in [1.165, 1.54) is 11.3 Å². The lowest BCUT2D eigenvalue weighted by molar-refractivity contribution is 0.102. The van der Waals surface area contributed by atoms with Gasteiger partial charge in [-0.15, -0.1) is 11.3 Å². The average molecular weight is 603 g/mol. The van der Waals surface area contributed by atoms with Gasteiger partial charge in [0.2, 0.25) is 0 Å². The number of imidazole rings is 1. The molecule has 10 heteroatoms. The number of halogens is 1. The fourth-order valence-electron chi connectivity index (χ4n) is 4.47. The lowest BCUT2D eigenvalue weighted by Gasteiger charge is -2.14. The molecule has 0 atom stereocenters. The van der Waals surface area contributed by atoms with E-state index < -0.39 is 0 Å². The van der Waals surface area contributed by atoms with Crippen LogP contribution >= 0.6 is 27.3 Å². The first-order valence-electron chi connectivity index (χ1n) is 12.3. The van der Waals surface area contributed by atoms with Crippen molar-refractivity contribution in [2.24, 2.45) is 0 Å². The van der Waals surface area contributed by atoms with Crippen LogP contribution in [0.25, 0.3) is 11.1 Å². The molecule has 1 aliphatic heterocycles. The standard InChI is InChI=1S/C29H24BrN5O3S/c1-37-27-14-20(4-7-26(27)38-15-21-16-39-17-32-21)19-3-5-22-24(13-19)33-23-6-2-18(12-25(23)34-28(22)36)8-10-35-11-9-31-29(35)30/h2-7,9,11-14,16-17,33H,8,10,15H2,1H3,(H,34,36). The summed E-state index contributed by atoms with van der Waals surface area (Å²) in [7, 11) is 1.62. The number of benzene rings is 3. The molecule has 0 saturated carbocycles. The van der Waals surface area contributed by atoms with E-state index in [9.17, 15) is 4.79 Å². The summed E-state index contributed by atoms with van der Waals surface area (Å²) in [5, 5.41) is 8.48. The summed E-state index contributed by atoms with van der Waals surface area (Å²) in [6.45, 7) is 1.15. The molecule has 0 spiro atoms. The Hall–Kier alpha value is -4.15. The first kappa shape index (κ1) is 25.1. The van der Waals surface area contributed by atoms with E-state index in [1.807, 2.05) is 64.7 Å². The van der Waals surface area contributed by atoms with Crippen LogP contribution in [0.3, 0.4) is 0 Å². The Balaban J connectivity index is 1.23. The van der Waals surface area contributed by atoms with Crippen LogP contribution in [0.2, 0.25) is 0 Å². The number of hydrogen-bond donors (Lipinski definition) is 2. The van der Waals surface area contributed by atoms with E-state index in [2.05, 4.69) is 42.6 Å². The molecule has 6 rings (SSSR count). The van der Waals surface area contributed by atoms with Gasteiger partial charge in [0.15, 0.2) is 16.2 Å². The molecular formula is C29H24BrN5O3S. The van der Waals surface area contributed by atoms with E-state index in [1.54, 1.807) is 18.8 Å². The van der Waals surface area contributed by atoms with Crippen LogP contribution in [0.4, 0.5) is 17.1 Å². The van der Waals surface area contributed by atoms with Crippen LogP contribution < -0.4 is 20.1 Å². The molecule has 0 saturated heterocycles. The van der Waals surface area contributed by atoms with Gasteiger partial charge in [0, 0.05) is 24.3 Å². The second-order valence-electron chi connectivity index (χ2n) is 8.99. The number of carbonyl (C=O) groups excluding carboxylic acids is 1. The van der Waals surface area contributed by atoms with Crippen LogP contribution in [0, 0.1) is 0 Å². The number of aromatic nitrogens is 3. The molecule has 0 radical (unpaired) electrons. The lowest BCUT2D eigenvalue weighted by atomic mass is 10.0. The maximum Gasteiger partial charge on any atom is 0.257 e. The monoisotopic (exact) mass is 601 g/mol. The molecule has 39 heavy (non-hydrogen) atoms. The van der Waals surface area contributed by atoms with Gasteiger partial charge in [0.05, 0.1) is 40.9 Å². The van der Waals surface area contributed by atoms with Gasteiger partial charge in [-0.05, 0) is 75.4 Å². The van der Waals surface area contributed by atoms with Crippen molar-refractivity contribution in [3.8, 4) is 22.6 Å². The molecule has 8 nitrogen and oxygen atoms in total. The molecule has 3 heterocycles. The Morgan fingerprint density at radius 2 is 1.82 bits per heavy atom. The van der Waals surface area contributed by atoms with Crippen molar-refractivity contribution in [2.45, 2.75) is 19.6 Å². The molecule has 0 unspecified atom stereocenters. The average Bonchev–Trinajstić information content (AvgIpc) is 3.60. The van der Waals surface area contributed by atoms with Crippen LogP contribution in [-0.4, -0.2) is 27.6 Å². The fourth-order valence-corrected chi connectivity index (χ4v) is 5.43. The normalized spacial score (nSPS) is 12.1. The zero-order chi connectivity index (χ0) is 26.8. The first-order chi connectivity index (χ1) is 19.1. The van der Waals surface area contributed by atoms with Crippen LogP contribution in [0.5, 0.6) is 11.5 Å². The summed E-state index contributed by atoms with van der Waals surface area (Å²) in [5.74, 6) is 1.12. The number of methoxy groups -OCH3 is 1. The number of nitrogens with zero attached hydrogens (tertiary/aromatic N) is 3. The highest BCUT2D eigenvalue weighted by Crippen LogP contribution is 2.37. The number of rotatable bonds is 8. The molecule has 3 aromatic carbocycles. The summed E-state index contributed by atoms with van der Waals surface area (Å²) in [5.41, 5.74) is 8.58. The summed E-state index contributed by atoms with van der Waals surface area (Å²) < 4.78 is 14.4. The minimum absolute atomic E-state index is 0.152. The van der Waals surface area contributed by atoms with Crippen LogP contribution in [0.15, 0.2) is 82.6 Å². The number of ether oxygens (including phenoxy) is 2. The molecule has 0 fully saturated rings. The Kier molecular flexibility index (Phi) is 7.04. The fraction of sp³-hybridized carbons (Fsp3) is 0.138. The number of nitrogens with one attached hydrogen (secondary N) is 2. The first-order valence-corrected chi connectivity index (χ1v) is 14.0. The van der Waals surface area contributed by atoms with Crippen LogP contribution in [-0.2, 0) is 19.6 Å². The van der Waals surface area contributed by atoms with Crippen molar-refractivity contribution >= 4 is 50.2 Å². The smallest absolute Gasteiger partial charge is 0.257 e. The van der Waals surface area contributed by atoms with Crippen molar-refractivity contribution in [3.05, 3.63) is 99.4 Å². The Morgan fingerprint density at radius 1 is 0.949 bits per heavy atom. The lowest BCUT2D eigenvalue weighted by Crippen LogP contribution is -2.11. The van der Waals surface area contributed by atoms with Crippen molar-refractivity contribution in [3.63, 3.8) is 0 Å². The third-order valence-corrected chi connectivity index (χ3v) is 7.82. The number of fused-ring (bicyclic) bond motifs is 2. The number of hydrogen-bond acceptors (Lipinski definition) is 7. The van der Waals surface area contributed by atoms with Gasteiger partial charge in [0.25, 0.3) is 5.91 Å². The van der Waals surface area contributed by atoms with Crippen molar-refractivity contribution < 1.29 is 14.3 Å². The highest BCUT2D eigenvalue weighted by molar-refractivity contribution is 9.10. The van der Waals surface area contributed by atoms with Gasteiger partial charge in [-0.1, -0.05) is 18.2 Å². The second-order valence-corrected chi connectivity index (χ2v) is 10.4. The maximum atomic E-state index is 13.1. The number of carbonyl (C=O) groups is 1. The SMILES string of the molecule is COc1cc(-c2ccc3c(c2)Nc2ccc(CCn4ccnc4Br)cc2NC3=O)ccc1OCc1cscn1. The molecule has 1 amide bonds. The van der Waals surface area contributed by atoms with Gasteiger partial charge >= 0.3 is 0 Å². The molecule has 5 aromatic rings. The minimum atomic E-state index is -0.152. The largest absolute Gasteiger partial charge is 0.493 e. The predicted molar refractivity (Wildman–Crippen MR) is 156 cm³/mol. The topological polar surface area (TPSA) is 90.3 Å². The second kappa shape index (κ2) is 10.9. The summed E-state index contributed by atoms with van der Waals surface area (Å²) in [6.07, 6.45) is 4.50. The van der Waals surface area contributed by atoms with E-state index in [0.717, 1.165) is 57.1 Å². The highest BCUT2D eigenvalue weighted by Gasteiger charge is 2.20. The predicted octanol–water partition coefficient (Wildman–Crippen LogP) is 6.91. The van der Waals surface area contributed by atoms with Crippen LogP contribution in [0.1, 0.15) is 21.6 Å². The van der Waals surface area contributed by atoms with Gasteiger partial charge in [-0.3, -0.25) is 4.79 Å². The van der Waals surface area contributed by atoms with E-state index in [0.29, 0.717) is 23.7 Å². The van der Waals surface area contributed by atoms with Crippen molar-refractivity contribution in [1.82, 2.24) is 14.5 Å². The zero-order valence-corrected chi connectivity index (χ0v) is 23.4. The third kappa shape index (κ3) is 5.39. The molecular weight excluding hydrogens is 578 g/mol. The van der Waals surface area contributed by atoms with Gasteiger partial charge in [-0.2, -0.15) is 0 Å². The van der Waals surface area contributed by atoms with E-state index in [-0.39, 0.29) is 5.91 Å². The summed E-state index contributed by atoms with van der Waals surface area (Å²) in [6, 6.07) is 17.7. The molecule has 1 aliphatic rings. The van der Waals surface area contributed by atoms with E-state index >= 15 is 0 Å². The summed E-state index contributed by atoms with van der Waals surface area (Å²) in [4.78, 5) is 21.6. The molecule has 2 aromatic heterocycles.